The van der Waals surface area contributed by atoms with Gasteiger partial charge in [0.2, 0.25) is 0 Å². The maximum absolute atomic E-state index is 12.2. The van der Waals surface area contributed by atoms with Crippen LogP contribution in [0, 0.1) is 0 Å². The standard InChI is InChI=1S/C27H32O4/c28-26-20-25(30-18-17-22-11-5-3-6-12-22)19-24(26)15-9-1-2-10-16-27(29)31-21-23-13-7-4-8-14-23/h3-8,11-14,19,25H,1-2,9-10,15-18,20-21H2/t25-/m0/s1. The topological polar surface area (TPSA) is 52.6 Å². The fourth-order valence-electron chi connectivity index (χ4n) is 3.74. The van der Waals surface area contributed by atoms with Crippen molar-refractivity contribution in [3.8, 4) is 0 Å². The Kier molecular flexibility index (Phi) is 9.52. The summed E-state index contributed by atoms with van der Waals surface area (Å²) in [6.45, 7) is 0.969. The van der Waals surface area contributed by atoms with Gasteiger partial charge in [0.15, 0.2) is 5.78 Å². The van der Waals surface area contributed by atoms with Gasteiger partial charge in [0.05, 0.1) is 12.7 Å². The first-order valence-corrected chi connectivity index (χ1v) is 11.3. The molecule has 0 spiro atoms. The Labute approximate surface area is 185 Å². The predicted octanol–water partition coefficient (Wildman–Crippen LogP) is 5.60. The Morgan fingerprint density at radius 3 is 2.26 bits per heavy atom. The monoisotopic (exact) mass is 420 g/mol. The van der Waals surface area contributed by atoms with Gasteiger partial charge in [0.1, 0.15) is 6.61 Å². The molecule has 31 heavy (non-hydrogen) atoms. The molecule has 164 valence electrons. The second-order valence-electron chi connectivity index (χ2n) is 8.02. The lowest BCUT2D eigenvalue weighted by atomic mass is 10.0. The minimum Gasteiger partial charge on any atom is -0.461 e. The molecule has 1 aliphatic rings. The molecule has 2 aromatic rings. The Morgan fingerprint density at radius 1 is 0.839 bits per heavy atom. The number of rotatable bonds is 13. The van der Waals surface area contributed by atoms with Crippen LogP contribution < -0.4 is 0 Å². The van der Waals surface area contributed by atoms with Crippen molar-refractivity contribution in [2.24, 2.45) is 0 Å². The van der Waals surface area contributed by atoms with Gasteiger partial charge in [-0.25, -0.2) is 0 Å². The van der Waals surface area contributed by atoms with Gasteiger partial charge in [-0.15, -0.1) is 0 Å². The van der Waals surface area contributed by atoms with Crippen molar-refractivity contribution >= 4 is 11.8 Å². The van der Waals surface area contributed by atoms with Crippen LogP contribution in [0.4, 0.5) is 0 Å². The minimum absolute atomic E-state index is 0.0782. The third-order valence-electron chi connectivity index (χ3n) is 5.52. The largest absolute Gasteiger partial charge is 0.461 e. The summed E-state index contributed by atoms with van der Waals surface area (Å²) < 4.78 is 11.2. The molecule has 0 bridgehead atoms. The molecule has 0 radical (unpaired) electrons. The number of carbonyl (C=O) groups excluding carboxylic acids is 2. The fraction of sp³-hybridized carbons (Fsp3) is 0.407. The number of hydrogen-bond donors (Lipinski definition) is 0. The zero-order valence-corrected chi connectivity index (χ0v) is 18.1. The van der Waals surface area contributed by atoms with Gasteiger partial charge in [0, 0.05) is 12.8 Å². The molecule has 0 saturated carbocycles. The van der Waals surface area contributed by atoms with Crippen molar-refractivity contribution in [2.45, 2.75) is 64.1 Å². The molecule has 2 aromatic carbocycles. The summed E-state index contributed by atoms with van der Waals surface area (Å²) in [6.07, 6.45) is 8.29. The normalized spacial score (nSPS) is 15.7. The van der Waals surface area contributed by atoms with Crippen molar-refractivity contribution in [2.75, 3.05) is 6.61 Å². The summed E-state index contributed by atoms with van der Waals surface area (Å²) in [5.41, 5.74) is 3.17. The molecule has 1 aliphatic carbocycles. The maximum atomic E-state index is 12.2. The van der Waals surface area contributed by atoms with Crippen molar-refractivity contribution < 1.29 is 19.1 Å². The van der Waals surface area contributed by atoms with E-state index in [0.29, 0.717) is 26.1 Å². The van der Waals surface area contributed by atoms with Crippen LogP contribution in [-0.2, 0) is 32.1 Å². The zero-order chi connectivity index (χ0) is 21.7. The van der Waals surface area contributed by atoms with Crippen molar-refractivity contribution in [1.82, 2.24) is 0 Å². The Hall–Kier alpha value is -2.72. The van der Waals surface area contributed by atoms with Crippen LogP contribution in [0.15, 0.2) is 72.3 Å². The molecule has 3 rings (SSSR count). The highest BCUT2D eigenvalue weighted by Crippen LogP contribution is 2.23. The Morgan fingerprint density at radius 2 is 1.52 bits per heavy atom. The first kappa shape index (κ1) is 23.0. The third kappa shape index (κ3) is 8.50. The molecule has 0 N–H and O–H groups in total. The summed E-state index contributed by atoms with van der Waals surface area (Å²) in [6, 6.07) is 20.0. The Bertz CT molecular complexity index is 842. The van der Waals surface area contributed by atoms with Gasteiger partial charge in [-0.2, -0.15) is 0 Å². The van der Waals surface area contributed by atoms with E-state index in [4.69, 9.17) is 9.47 Å². The molecule has 0 aliphatic heterocycles. The lowest BCUT2D eigenvalue weighted by Crippen LogP contribution is -2.11. The van der Waals surface area contributed by atoms with E-state index in [1.165, 1.54) is 5.56 Å². The summed E-state index contributed by atoms with van der Waals surface area (Å²) >= 11 is 0. The number of carbonyl (C=O) groups is 2. The summed E-state index contributed by atoms with van der Waals surface area (Å²) in [4.78, 5) is 24.0. The first-order valence-electron chi connectivity index (χ1n) is 11.3. The highest BCUT2D eigenvalue weighted by atomic mass is 16.5. The molecule has 0 amide bonds. The van der Waals surface area contributed by atoms with Gasteiger partial charge in [-0.1, -0.05) is 73.5 Å². The van der Waals surface area contributed by atoms with E-state index >= 15 is 0 Å². The van der Waals surface area contributed by atoms with Crippen molar-refractivity contribution in [3.05, 3.63) is 83.4 Å². The van der Waals surface area contributed by atoms with Crippen molar-refractivity contribution in [1.29, 1.82) is 0 Å². The average molecular weight is 421 g/mol. The van der Waals surface area contributed by atoms with Crippen LogP contribution >= 0.6 is 0 Å². The molecule has 0 aromatic heterocycles. The number of hydrogen-bond acceptors (Lipinski definition) is 4. The van der Waals surface area contributed by atoms with Gasteiger partial charge in [0.25, 0.3) is 0 Å². The predicted molar refractivity (Wildman–Crippen MR) is 122 cm³/mol. The molecule has 4 heteroatoms. The molecule has 4 nitrogen and oxygen atoms in total. The highest BCUT2D eigenvalue weighted by Gasteiger charge is 2.23. The van der Waals surface area contributed by atoms with E-state index in [1.54, 1.807) is 0 Å². The summed E-state index contributed by atoms with van der Waals surface area (Å²) in [7, 11) is 0. The molecule has 0 heterocycles. The van der Waals surface area contributed by atoms with Crippen LogP contribution in [0.25, 0.3) is 0 Å². The second-order valence-corrected chi connectivity index (χ2v) is 8.02. The quantitative estimate of drug-likeness (QED) is 0.313. The van der Waals surface area contributed by atoms with Gasteiger partial charge in [-0.3, -0.25) is 9.59 Å². The molecule has 0 saturated heterocycles. The van der Waals surface area contributed by atoms with Gasteiger partial charge < -0.3 is 9.47 Å². The maximum Gasteiger partial charge on any atom is 0.306 e. The highest BCUT2D eigenvalue weighted by molar-refractivity contribution is 5.98. The van der Waals surface area contributed by atoms with E-state index in [2.05, 4.69) is 12.1 Å². The summed E-state index contributed by atoms with van der Waals surface area (Å²) in [5.74, 6) is 0.0715. The zero-order valence-electron chi connectivity index (χ0n) is 18.1. The first-order chi connectivity index (χ1) is 15.2. The second kappa shape index (κ2) is 12.9. The smallest absolute Gasteiger partial charge is 0.306 e. The molecular weight excluding hydrogens is 388 g/mol. The number of benzene rings is 2. The lowest BCUT2D eigenvalue weighted by molar-refractivity contribution is -0.145. The van der Waals surface area contributed by atoms with Crippen LogP contribution in [-0.4, -0.2) is 24.5 Å². The number of esters is 1. The van der Waals surface area contributed by atoms with E-state index in [9.17, 15) is 9.59 Å². The fourth-order valence-corrected chi connectivity index (χ4v) is 3.74. The van der Waals surface area contributed by atoms with Crippen LogP contribution in [0.5, 0.6) is 0 Å². The molecule has 0 unspecified atom stereocenters. The number of ether oxygens (including phenoxy) is 2. The SMILES string of the molecule is O=C(CCCCCCC1=C[C@H](OCCc2ccccc2)CC1=O)OCc1ccccc1. The molecular formula is C27H32O4. The lowest BCUT2D eigenvalue weighted by Gasteiger charge is -2.08. The number of ketones is 1. The van der Waals surface area contributed by atoms with E-state index in [1.807, 2.05) is 54.6 Å². The minimum atomic E-state index is -0.145. The average Bonchev–Trinajstić information content (AvgIpc) is 3.15. The third-order valence-corrected chi connectivity index (χ3v) is 5.52. The Balaban J connectivity index is 1.23. The van der Waals surface area contributed by atoms with Gasteiger partial charge >= 0.3 is 5.97 Å². The van der Waals surface area contributed by atoms with Gasteiger partial charge in [-0.05, 0) is 48.5 Å². The van der Waals surface area contributed by atoms with E-state index in [0.717, 1.165) is 49.7 Å². The number of Topliss-reactive ketones (excluding diaryl/α,β-unsaturated/α-hetero) is 1. The van der Waals surface area contributed by atoms with E-state index < -0.39 is 0 Å². The number of allylic oxidation sites excluding steroid dienone is 1. The van der Waals surface area contributed by atoms with Crippen molar-refractivity contribution in [3.63, 3.8) is 0 Å². The van der Waals surface area contributed by atoms with E-state index in [-0.39, 0.29) is 17.9 Å². The molecule has 0 fully saturated rings. The van der Waals surface area contributed by atoms with Crippen LogP contribution in [0.3, 0.4) is 0 Å². The molecule has 1 atom stereocenters. The van der Waals surface area contributed by atoms with Crippen LogP contribution in [0.2, 0.25) is 0 Å². The number of unbranched alkanes of at least 4 members (excludes halogenated alkanes) is 3. The van der Waals surface area contributed by atoms with Crippen LogP contribution in [0.1, 0.15) is 56.1 Å². The summed E-state index contributed by atoms with van der Waals surface area (Å²) in [5, 5.41) is 0.